The summed E-state index contributed by atoms with van der Waals surface area (Å²) in [5.74, 6) is -0.262. The van der Waals surface area contributed by atoms with Crippen LogP contribution in [0.25, 0.3) is 0 Å². The van der Waals surface area contributed by atoms with Crippen LogP contribution in [0, 0.1) is 5.82 Å². The predicted octanol–water partition coefficient (Wildman–Crippen LogP) is 0.737. The number of rotatable bonds is 8. The zero-order valence-electron chi connectivity index (χ0n) is 16.4. The van der Waals surface area contributed by atoms with Crippen LogP contribution in [0.3, 0.4) is 0 Å². The van der Waals surface area contributed by atoms with Gasteiger partial charge in [-0.05, 0) is 32.0 Å². The summed E-state index contributed by atoms with van der Waals surface area (Å²) in [4.78, 5) is 28.9. The van der Waals surface area contributed by atoms with Gasteiger partial charge in [-0.3, -0.25) is 14.5 Å². The standard InChI is InChI=1S/C20H29FN4O3/c1-28-16-5-4-15(17(21)12-16)14-25-11-7-23-20(27)18(25)13-19(26)22-6-10-24-8-2-3-9-24/h4-5,12,18H,2-3,6-11,13-14H2,1H3,(H,22,26)(H,23,27). The highest BCUT2D eigenvalue weighted by molar-refractivity contribution is 5.88. The molecule has 1 unspecified atom stereocenters. The average molecular weight is 392 g/mol. The Balaban J connectivity index is 1.55. The fourth-order valence-corrected chi connectivity index (χ4v) is 3.78. The molecular weight excluding hydrogens is 363 g/mol. The van der Waals surface area contributed by atoms with E-state index in [2.05, 4.69) is 15.5 Å². The highest BCUT2D eigenvalue weighted by Crippen LogP contribution is 2.20. The van der Waals surface area contributed by atoms with Gasteiger partial charge in [-0.2, -0.15) is 0 Å². The molecule has 2 saturated heterocycles. The van der Waals surface area contributed by atoms with E-state index in [1.807, 2.05) is 4.90 Å². The zero-order valence-corrected chi connectivity index (χ0v) is 16.4. The van der Waals surface area contributed by atoms with Crippen LogP contribution in [0.5, 0.6) is 5.75 Å². The molecule has 1 aromatic rings. The van der Waals surface area contributed by atoms with Crippen LogP contribution >= 0.6 is 0 Å². The van der Waals surface area contributed by atoms with E-state index < -0.39 is 6.04 Å². The summed E-state index contributed by atoms with van der Waals surface area (Å²) in [6, 6.07) is 4.09. The third-order valence-corrected chi connectivity index (χ3v) is 5.40. The summed E-state index contributed by atoms with van der Waals surface area (Å²) in [6.45, 7) is 4.93. The number of ether oxygens (including phenoxy) is 1. The fraction of sp³-hybridized carbons (Fsp3) is 0.600. The second-order valence-electron chi connectivity index (χ2n) is 7.34. The van der Waals surface area contributed by atoms with Crippen molar-refractivity contribution >= 4 is 11.8 Å². The van der Waals surface area contributed by atoms with Crippen LogP contribution in [0.2, 0.25) is 0 Å². The van der Waals surface area contributed by atoms with Gasteiger partial charge in [-0.25, -0.2) is 4.39 Å². The van der Waals surface area contributed by atoms with Gasteiger partial charge >= 0.3 is 0 Å². The molecule has 0 radical (unpaired) electrons. The first-order chi connectivity index (χ1) is 13.6. The van der Waals surface area contributed by atoms with E-state index in [1.165, 1.54) is 26.0 Å². The van der Waals surface area contributed by atoms with E-state index in [1.54, 1.807) is 12.1 Å². The molecule has 2 aliphatic rings. The lowest BCUT2D eigenvalue weighted by atomic mass is 10.1. The van der Waals surface area contributed by atoms with Crippen molar-refractivity contribution in [3.63, 3.8) is 0 Å². The summed E-state index contributed by atoms with van der Waals surface area (Å²) in [7, 11) is 1.49. The summed E-state index contributed by atoms with van der Waals surface area (Å²) < 4.78 is 19.3. The molecular formula is C20H29FN4O3. The number of halogens is 1. The first kappa shape index (κ1) is 20.5. The maximum absolute atomic E-state index is 14.3. The Bertz CT molecular complexity index is 694. The fourth-order valence-electron chi connectivity index (χ4n) is 3.78. The molecule has 2 aliphatic heterocycles. The van der Waals surface area contributed by atoms with E-state index in [4.69, 9.17) is 4.74 Å². The SMILES string of the molecule is COc1ccc(CN2CCNC(=O)C2CC(=O)NCCN2CCCC2)c(F)c1. The molecule has 2 heterocycles. The van der Waals surface area contributed by atoms with Crippen molar-refractivity contribution in [1.82, 2.24) is 20.4 Å². The molecule has 28 heavy (non-hydrogen) atoms. The lowest BCUT2D eigenvalue weighted by Crippen LogP contribution is -2.56. The van der Waals surface area contributed by atoms with Crippen molar-refractivity contribution in [1.29, 1.82) is 0 Å². The van der Waals surface area contributed by atoms with Gasteiger partial charge < -0.3 is 20.3 Å². The van der Waals surface area contributed by atoms with Crippen molar-refractivity contribution < 1.29 is 18.7 Å². The highest BCUT2D eigenvalue weighted by atomic mass is 19.1. The number of piperazine rings is 1. The topological polar surface area (TPSA) is 73.9 Å². The van der Waals surface area contributed by atoms with Gasteiger partial charge in [0, 0.05) is 44.4 Å². The Labute approximate surface area is 165 Å². The van der Waals surface area contributed by atoms with Gasteiger partial charge in [-0.15, -0.1) is 0 Å². The molecule has 2 fully saturated rings. The molecule has 8 heteroatoms. The smallest absolute Gasteiger partial charge is 0.237 e. The summed E-state index contributed by atoms with van der Waals surface area (Å²) in [6.07, 6.45) is 2.50. The van der Waals surface area contributed by atoms with Gasteiger partial charge in [0.2, 0.25) is 11.8 Å². The molecule has 2 amide bonds. The third-order valence-electron chi connectivity index (χ3n) is 5.40. The van der Waals surface area contributed by atoms with Gasteiger partial charge in [0.05, 0.1) is 19.6 Å². The molecule has 7 nitrogen and oxygen atoms in total. The van der Waals surface area contributed by atoms with E-state index in [0.29, 0.717) is 30.9 Å². The molecule has 2 N–H and O–H groups in total. The van der Waals surface area contributed by atoms with Crippen LogP contribution in [-0.2, 0) is 16.1 Å². The Morgan fingerprint density at radius 3 is 2.82 bits per heavy atom. The average Bonchev–Trinajstić information content (AvgIpc) is 3.19. The van der Waals surface area contributed by atoms with Crippen LogP contribution in [0.15, 0.2) is 18.2 Å². The van der Waals surface area contributed by atoms with Crippen molar-refractivity contribution in [2.75, 3.05) is 46.4 Å². The van der Waals surface area contributed by atoms with E-state index >= 15 is 0 Å². The van der Waals surface area contributed by atoms with Gasteiger partial charge in [0.15, 0.2) is 0 Å². The first-order valence-electron chi connectivity index (χ1n) is 9.90. The van der Waals surface area contributed by atoms with Crippen LogP contribution in [0.1, 0.15) is 24.8 Å². The molecule has 0 spiro atoms. The number of nitrogens with one attached hydrogen (secondary N) is 2. The molecule has 3 rings (SSSR count). The maximum Gasteiger partial charge on any atom is 0.237 e. The maximum atomic E-state index is 14.3. The predicted molar refractivity (Wildman–Crippen MR) is 103 cm³/mol. The van der Waals surface area contributed by atoms with E-state index in [9.17, 15) is 14.0 Å². The number of benzene rings is 1. The number of carbonyl (C=O) groups excluding carboxylic acids is 2. The summed E-state index contributed by atoms with van der Waals surface area (Å²) >= 11 is 0. The number of amides is 2. The number of carbonyl (C=O) groups is 2. The second kappa shape index (κ2) is 9.84. The Kier molecular flexibility index (Phi) is 7.22. The summed E-state index contributed by atoms with van der Waals surface area (Å²) in [5, 5.41) is 5.71. The number of nitrogens with zero attached hydrogens (tertiary/aromatic N) is 2. The van der Waals surface area contributed by atoms with E-state index in [0.717, 1.165) is 19.6 Å². The largest absolute Gasteiger partial charge is 0.497 e. The number of likely N-dealkylation sites (tertiary alicyclic amines) is 1. The minimum absolute atomic E-state index is 0.0730. The molecule has 1 aromatic carbocycles. The lowest BCUT2D eigenvalue weighted by molar-refractivity contribution is -0.134. The second-order valence-corrected chi connectivity index (χ2v) is 7.34. The normalized spacial score (nSPS) is 20.8. The van der Waals surface area contributed by atoms with Crippen molar-refractivity contribution in [2.24, 2.45) is 0 Å². The number of hydrogen-bond acceptors (Lipinski definition) is 5. The highest BCUT2D eigenvalue weighted by Gasteiger charge is 2.32. The molecule has 1 atom stereocenters. The molecule has 0 aromatic heterocycles. The van der Waals surface area contributed by atoms with Gasteiger partial charge in [0.25, 0.3) is 0 Å². The van der Waals surface area contributed by atoms with Gasteiger partial charge in [0.1, 0.15) is 11.6 Å². The molecule has 0 aliphatic carbocycles. The van der Waals surface area contributed by atoms with E-state index in [-0.39, 0.29) is 30.6 Å². The van der Waals surface area contributed by atoms with Crippen molar-refractivity contribution in [3.05, 3.63) is 29.6 Å². The van der Waals surface area contributed by atoms with Crippen molar-refractivity contribution in [3.8, 4) is 5.75 Å². The number of hydrogen-bond donors (Lipinski definition) is 2. The summed E-state index contributed by atoms with van der Waals surface area (Å²) in [5.41, 5.74) is 0.481. The minimum atomic E-state index is -0.595. The third kappa shape index (κ3) is 5.42. The zero-order chi connectivity index (χ0) is 19.9. The molecule has 0 saturated carbocycles. The Morgan fingerprint density at radius 1 is 1.32 bits per heavy atom. The molecule has 0 bridgehead atoms. The quantitative estimate of drug-likeness (QED) is 0.683. The van der Waals surface area contributed by atoms with Crippen molar-refractivity contribution in [2.45, 2.75) is 31.8 Å². The number of methoxy groups -OCH3 is 1. The minimum Gasteiger partial charge on any atom is -0.497 e. The molecule has 154 valence electrons. The van der Waals surface area contributed by atoms with Crippen LogP contribution in [0.4, 0.5) is 4.39 Å². The van der Waals surface area contributed by atoms with Gasteiger partial charge in [-0.1, -0.05) is 6.07 Å². The van der Waals surface area contributed by atoms with Crippen LogP contribution < -0.4 is 15.4 Å². The lowest BCUT2D eigenvalue weighted by Gasteiger charge is -2.34. The Hall–Kier alpha value is -2.19. The Morgan fingerprint density at radius 2 is 2.11 bits per heavy atom. The first-order valence-corrected chi connectivity index (χ1v) is 9.90. The van der Waals surface area contributed by atoms with Crippen LogP contribution in [-0.4, -0.2) is 74.0 Å². The monoisotopic (exact) mass is 392 g/mol.